The fourth-order valence-corrected chi connectivity index (χ4v) is 5.12. The molecule has 2 aromatic rings. The van der Waals surface area contributed by atoms with Crippen LogP contribution in [0.5, 0.6) is 0 Å². The quantitative estimate of drug-likeness (QED) is 0.910. The lowest BCUT2D eigenvalue weighted by Gasteiger charge is -2.26. The molecule has 1 atom stereocenters. The number of nitrogens with one attached hydrogen (secondary N) is 1. The van der Waals surface area contributed by atoms with Crippen LogP contribution in [-0.2, 0) is 10.0 Å². The highest BCUT2D eigenvalue weighted by Gasteiger charge is 2.27. The summed E-state index contributed by atoms with van der Waals surface area (Å²) < 4.78 is 41.9. The van der Waals surface area contributed by atoms with Crippen molar-refractivity contribution in [3.63, 3.8) is 0 Å². The zero-order valence-corrected chi connectivity index (χ0v) is 14.6. The number of hydrogen-bond donors (Lipinski definition) is 1. The molecule has 1 unspecified atom stereocenters. The molecule has 0 saturated heterocycles. The molecule has 3 rings (SSSR count). The highest BCUT2D eigenvalue weighted by atomic mass is 32.2. The zero-order chi connectivity index (χ0) is 16.6. The molecule has 0 radical (unpaired) electrons. The van der Waals surface area contributed by atoms with Gasteiger partial charge in [0.2, 0.25) is 10.0 Å². The van der Waals surface area contributed by atoms with Gasteiger partial charge in [-0.15, -0.1) is 11.8 Å². The van der Waals surface area contributed by atoms with Crippen molar-refractivity contribution in [1.82, 2.24) is 4.72 Å². The van der Waals surface area contributed by atoms with Gasteiger partial charge in [0.05, 0.1) is 4.90 Å². The largest absolute Gasteiger partial charge is 0.241 e. The van der Waals surface area contributed by atoms with Crippen LogP contribution in [0.15, 0.2) is 46.2 Å². The summed E-state index contributed by atoms with van der Waals surface area (Å²) >= 11 is 1.44. The lowest BCUT2D eigenvalue weighted by atomic mass is 10.0. The third kappa shape index (κ3) is 3.29. The van der Waals surface area contributed by atoms with Crippen molar-refractivity contribution in [1.29, 1.82) is 0 Å². The Hall–Kier alpha value is -1.37. The number of fused-ring (bicyclic) bond motifs is 1. The Morgan fingerprint density at radius 3 is 2.70 bits per heavy atom. The third-order valence-corrected chi connectivity index (χ3v) is 6.74. The molecule has 0 fully saturated rings. The molecule has 0 aromatic heterocycles. The van der Waals surface area contributed by atoms with Crippen LogP contribution in [0.2, 0.25) is 0 Å². The van der Waals surface area contributed by atoms with E-state index in [-0.39, 0.29) is 10.7 Å². The molecule has 23 heavy (non-hydrogen) atoms. The van der Waals surface area contributed by atoms with Crippen LogP contribution in [0.25, 0.3) is 0 Å². The minimum absolute atomic E-state index is 0.247. The van der Waals surface area contributed by atoms with E-state index in [0.717, 1.165) is 11.1 Å². The molecule has 1 heterocycles. The van der Waals surface area contributed by atoms with Gasteiger partial charge in [-0.1, -0.05) is 18.2 Å². The van der Waals surface area contributed by atoms with Gasteiger partial charge in [-0.05, 0) is 60.9 Å². The third-order valence-electron chi connectivity index (χ3n) is 4.11. The Balaban J connectivity index is 1.93. The van der Waals surface area contributed by atoms with Crippen LogP contribution in [0, 0.1) is 19.7 Å². The Labute approximate surface area is 140 Å². The molecule has 0 spiro atoms. The molecule has 3 nitrogen and oxygen atoms in total. The molecule has 1 aliphatic heterocycles. The lowest BCUT2D eigenvalue weighted by Crippen LogP contribution is -2.31. The molecule has 2 aromatic carbocycles. The first kappa shape index (κ1) is 16.5. The summed E-state index contributed by atoms with van der Waals surface area (Å²) in [7, 11) is -3.64. The van der Waals surface area contributed by atoms with Crippen molar-refractivity contribution in [2.24, 2.45) is 0 Å². The predicted molar refractivity (Wildman–Crippen MR) is 90.7 cm³/mol. The van der Waals surface area contributed by atoms with Crippen LogP contribution in [0.3, 0.4) is 0 Å². The number of halogens is 1. The Kier molecular flexibility index (Phi) is 4.49. The molecule has 122 valence electrons. The SMILES string of the molecule is Cc1ccc(S(=O)(=O)NC2CCSc3c(F)cccc32)cc1C. The second-order valence-electron chi connectivity index (χ2n) is 5.72. The molecule has 0 aliphatic carbocycles. The second-order valence-corrected chi connectivity index (χ2v) is 8.53. The van der Waals surface area contributed by atoms with Gasteiger partial charge in [0.1, 0.15) is 5.82 Å². The van der Waals surface area contributed by atoms with Crippen LogP contribution in [-0.4, -0.2) is 14.2 Å². The van der Waals surface area contributed by atoms with Gasteiger partial charge in [-0.2, -0.15) is 0 Å². The number of sulfonamides is 1. The Bertz CT molecular complexity index is 850. The van der Waals surface area contributed by atoms with Crippen LogP contribution >= 0.6 is 11.8 Å². The topological polar surface area (TPSA) is 46.2 Å². The minimum atomic E-state index is -3.64. The molecular formula is C17H18FNO2S2. The van der Waals surface area contributed by atoms with Gasteiger partial charge in [-0.3, -0.25) is 0 Å². The summed E-state index contributed by atoms with van der Waals surface area (Å²) in [6.07, 6.45) is 0.644. The van der Waals surface area contributed by atoms with E-state index in [1.807, 2.05) is 13.8 Å². The van der Waals surface area contributed by atoms with Gasteiger partial charge >= 0.3 is 0 Å². The van der Waals surface area contributed by atoms with Crippen molar-refractivity contribution in [3.8, 4) is 0 Å². The lowest BCUT2D eigenvalue weighted by molar-refractivity contribution is 0.533. The molecule has 1 N–H and O–H groups in total. The highest BCUT2D eigenvalue weighted by Crippen LogP contribution is 2.38. The van der Waals surface area contributed by atoms with E-state index in [9.17, 15) is 12.8 Å². The van der Waals surface area contributed by atoms with E-state index < -0.39 is 16.1 Å². The van der Waals surface area contributed by atoms with E-state index in [0.29, 0.717) is 22.6 Å². The van der Waals surface area contributed by atoms with E-state index in [1.165, 1.54) is 17.8 Å². The smallest absolute Gasteiger partial charge is 0.207 e. The summed E-state index contributed by atoms with van der Waals surface area (Å²) in [4.78, 5) is 0.795. The number of aryl methyl sites for hydroxylation is 2. The number of rotatable bonds is 3. The second kappa shape index (κ2) is 6.26. The first-order chi connectivity index (χ1) is 10.9. The maximum atomic E-state index is 13.9. The Morgan fingerprint density at radius 2 is 1.96 bits per heavy atom. The van der Waals surface area contributed by atoms with Crippen LogP contribution < -0.4 is 4.72 Å². The fraction of sp³-hybridized carbons (Fsp3) is 0.294. The predicted octanol–water partition coefficient (Wildman–Crippen LogP) is 3.96. The van der Waals surface area contributed by atoms with Gasteiger partial charge in [-0.25, -0.2) is 17.5 Å². The summed E-state index contributed by atoms with van der Waals surface area (Å²) in [5.41, 5.74) is 2.69. The highest BCUT2D eigenvalue weighted by molar-refractivity contribution is 7.99. The van der Waals surface area contributed by atoms with Crippen molar-refractivity contribution in [3.05, 3.63) is 58.9 Å². The van der Waals surface area contributed by atoms with Gasteiger partial charge < -0.3 is 0 Å². The van der Waals surface area contributed by atoms with Crippen molar-refractivity contribution in [2.75, 3.05) is 5.75 Å². The molecule has 0 amide bonds. The average molecular weight is 351 g/mol. The molecular weight excluding hydrogens is 333 g/mol. The van der Waals surface area contributed by atoms with Crippen molar-refractivity contribution in [2.45, 2.75) is 36.1 Å². The van der Waals surface area contributed by atoms with Gasteiger partial charge in [0, 0.05) is 10.9 Å². The van der Waals surface area contributed by atoms with Crippen LogP contribution in [0.4, 0.5) is 4.39 Å². The maximum Gasteiger partial charge on any atom is 0.241 e. The monoisotopic (exact) mass is 351 g/mol. The fourth-order valence-electron chi connectivity index (χ4n) is 2.65. The molecule has 0 bridgehead atoms. The molecule has 0 saturated carbocycles. The van der Waals surface area contributed by atoms with Crippen molar-refractivity contribution >= 4 is 21.8 Å². The minimum Gasteiger partial charge on any atom is -0.207 e. The van der Waals surface area contributed by atoms with E-state index in [2.05, 4.69) is 4.72 Å². The van der Waals surface area contributed by atoms with E-state index in [1.54, 1.807) is 30.3 Å². The summed E-state index contributed by atoms with van der Waals surface area (Å²) in [5.74, 6) is 0.399. The number of benzene rings is 2. The summed E-state index contributed by atoms with van der Waals surface area (Å²) in [6.45, 7) is 3.83. The normalized spacial score (nSPS) is 17.8. The number of thioether (sulfide) groups is 1. The first-order valence-corrected chi connectivity index (χ1v) is 9.86. The standard InChI is InChI=1S/C17H18FNO2S2/c1-11-6-7-13(10-12(11)2)23(20,21)19-16-8-9-22-17-14(16)4-3-5-15(17)18/h3-7,10,16,19H,8-9H2,1-2H3. The summed E-state index contributed by atoms with van der Waals surface area (Å²) in [5, 5.41) is 0. The Morgan fingerprint density at radius 1 is 1.17 bits per heavy atom. The van der Waals surface area contributed by atoms with Crippen molar-refractivity contribution < 1.29 is 12.8 Å². The zero-order valence-electron chi connectivity index (χ0n) is 13.0. The van der Waals surface area contributed by atoms with E-state index in [4.69, 9.17) is 0 Å². The van der Waals surface area contributed by atoms with Gasteiger partial charge in [0.25, 0.3) is 0 Å². The number of hydrogen-bond acceptors (Lipinski definition) is 3. The average Bonchev–Trinajstić information content (AvgIpc) is 2.51. The molecule has 6 heteroatoms. The first-order valence-electron chi connectivity index (χ1n) is 7.39. The molecule has 1 aliphatic rings. The van der Waals surface area contributed by atoms with Gasteiger partial charge in [0.15, 0.2) is 0 Å². The van der Waals surface area contributed by atoms with E-state index >= 15 is 0 Å². The summed E-state index contributed by atoms with van der Waals surface area (Å²) in [6, 6.07) is 9.50. The van der Waals surface area contributed by atoms with Crippen LogP contribution in [0.1, 0.15) is 29.2 Å². The maximum absolute atomic E-state index is 13.9.